The van der Waals surface area contributed by atoms with Gasteiger partial charge < -0.3 is 20.3 Å². The molecule has 0 bridgehead atoms. The zero-order valence-corrected chi connectivity index (χ0v) is 19.8. The van der Waals surface area contributed by atoms with Gasteiger partial charge in [-0.15, -0.1) is 24.0 Å². The molecule has 2 unspecified atom stereocenters. The molecule has 2 heterocycles. The van der Waals surface area contributed by atoms with E-state index in [1.54, 1.807) is 0 Å². The Morgan fingerprint density at radius 3 is 2.57 bits per heavy atom. The average Bonchev–Trinajstić information content (AvgIpc) is 3.38. The van der Waals surface area contributed by atoms with Crippen molar-refractivity contribution in [3.63, 3.8) is 0 Å². The summed E-state index contributed by atoms with van der Waals surface area (Å²) >= 11 is 0. The fraction of sp³-hybridized carbons (Fsp3) is 0.900. The number of guanidine groups is 1. The molecule has 2 saturated heterocycles. The standard InChI is InChI=1S/C20H37N5O2.HI/c1-3-21-20(22-14-16(2)24-10-12-27-13-11-24)23-18-8-9-25(15-18)19(26)17-6-4-5-7-17;/h16-18H,3-15H2,1-2H3,(H2,21,22,23);1H. The maximum atomic E-state index is 12.6. The van der Waals surface area contributed by atoms with Crippen molar-refractivity contribution >= 4 is 35.8 Å². The van der Waals surface area contributed by atoms with Crippen LogP contribution in [0, 0.1) is 5.92 Å². The van der Waals surface area contributed by atoms with Gasteiger partial charge in [0.25, 0.3) is 0 Å². The molecular weight excluding hydrogens is 469 g/mol. The summed E-state index contributed by atoms with van der Waals surface area (Å²) in [7, 11) is 0. The van der Waals surface area contributed by atoms with E-state index in [4.69, 9.17) is 9.73 Å². The van der Waals surface area contributed by atoms with Crippen LogP contribution in [0.1, 0.15) is 46.0 Å². The Bertz CT molecular complexity index is 507. The van der Waals surface area contributed by atoms with Gasteiger partial charge in [0.05, 0.1) is 19.8 Å². The number of nitrogens with zero attached hydrogens (tertiary/aromatic N) is 3. The minimum atomic E-state index is 0. The summed E-state index contributed by atoms with van der Waals surface area (Å²) in [5, 5.41) is 6.91. The summed E-state index contributed by atoms with van der Waals surface area (Å²) in [6.07, 6.45) is 5.59. The average molecular weight is 507 g/mol. The second kappa shape index (κ2) is 12.2. The molecule has 0 radical (unpaired) electrons. The number of amides is 1. The third kappa shape index (κ3) is 6.73. The number of morpholine rings is 1. The van der Waals surface area contributed by atoms with Gasteiger partial charge in [0, 0.05) is 50.7 Å². The first-order valence-electron chi connectivity index (χ1n) is 10.8. The highest BCUT2D eigenvalue weighted by Crippen LogP contribution is 2.27. The van der Waals surface area contributed by atoms with E-state index in [1.807, 2.05) is 0 Å². The normalized spacial score (nSPS) is 25.4. The third-order valence-electron chi connectivity index (χ3n) is 6.07. The number of halogens is 1. The van der Waals surface area contributed by atoms with Crippen LogP contribution >= 0.6 is 24.0 Å². The van der Waals surface area contributed by atoms with Crippen LogP contribution in [-0.2, 0) is 9.53 Å². The van der Waals surface area contributed by atoms with E-state index in [0.717, 1.165) is 77.7 Å². The molecule has 2 atom stereocenters. The third-order valence-corrected chi connectivity index (χ3v) is 6.07. The SMILES string of the molecule is CCNC(=NCC(C)N1CCOCC1)NC1CCN(C(=O)C2CCCC2)C1.I. The number of likely N-dealkylation sites (tertiary alicyclic amines) is 1. The number of ether oxygens (including phenoxy) is 1. The molecule has 162 valence electrons. The van der Waals surface area contributed by atoms with Crippen LogP contribution < -0.4 is 10.6 Å². The first-order chi connectivity index (χ1) is 13.2. The first-order valence-corrected chi connectivity index (χ1v) is 10.8. The van der Waals surface area contributed by atoms with Gasteiger partial charge in [0.1, 0.15) is 0 Å². The van der Waals surface area contributed by atoms with Gasteiger partial charge in [-0.2, -0.15) is 0 Å². The van der Waals surface area contributed by atoms with E-state index in [-0.39, 0.29) is 29.9 Å². The second-order valence-corrected chi connectivity index (χ2v) is 8.11. The Labute approximate surface area is 187 Å². The van der Waals surface area contributed by atoms with Crippen LogP contribution in [-0.4, -0.2) is 86.2 Å². The fourth-order valence-electron chi connectivity index (χ4n) is 4.38. The lowest BCUT2D eigenvalue weighted by Crippen LogP contribution is -2.47. The number of carbonyl (C=O) groups is 1. The van der Waals surface area contributed by atoms with Crippen molar-refractivity contribution in [1.29, 1.82) is 0 Å². The van der Waals surface area contributed by atoms with E-state index in [2.05, 4.69) is 34.3 Å². The minimum absolute atomic E-state index is 0. The largest absolute Gasteiger partial charge is 0.379 e. The summed E-state index contributed by atoms with van der Waals surface area (Å²) in [6.45, 7) is 11.2. The molecule has 1 saturated carbocycles. The van der Waals surface area contributed by atoms with E-state index in [1.165, 1.54) is 12.8 Å². The fourth-order valence-corrected chi connectivity index (χ4v) is 4.38. The highest BCUT2D eigenvalue weighted by molar-refractivity contribution is 14.0. The van der Waals surface area contributed by atoms with Gasteiger partial charge in [-0.3, -0.25) is 14.7 Å². The number of nitrogens with one attached hydrogen (secondary N) is 2. The molecule has 0 aromatic rings. The van der Waals surface area contributed by atoms with E-state index in [9.17, 15) is 4.79 Å². The highest BCUT2D eigenvalue weighted by Gasteiger charge is 2.32. The zero-order valence-electron chi connectivity index (χ0n) is 17.5. The molecule has 0 aromatic heterocycles. The van der Waals surface area contributed by atoms with Crippen molar-refractivity contribution in [2.45, 2.75) is 58.0 Å². The molecule has 1 aliphatic carbocycles. The second-order valence-electron chi connectivity index (χ2n) is 8.11. The van der Waals surface area contributed by atoms with Gasteiger partial charge in [-0.25, -0.2) is 0 Å². The Balaban J connectivity index is 0.00000280. The van der Waals surface area contributed by atoms with Crippen molar-refractivity contribution < 1.29 is 9.53 Å². The lowest BCUT2D eigenvalue weighted by molar-refractivity contribution is -0.134. The van der Waals surface area contributed by atoms with Crippen LogP contribution in [0.5, 0.6) is 0 Å². The summed E-state index contributed by atoms with van der Waals surface area (Å²) < 4.78 is 5.43. The maximum Gasteiger partial charge on any atom is 0.225 e. The molecule has 28 heavy (non-hydrogen) atoms. The molecule has 1 amide bonds. The molecule has 0 aromatic carbocycles. The Morgan fingerprint density at radius 2 is 1.89 bits per heavy atom. The van der Waals surface area contributed by atoms with Crippen LogP contribution in [0.2, 0.25) is 0 Å². The van der Waals surface area contributed by atoms with Crippen LogP contribution in [0.25, 0.3) is 0 Å². The molecular formula is C20H38IN5O2. The van der Waals surface area contributed by atoms with E-state index in [0.29, 0.717) is 18.0 Å². The smallest absolute Gasteiger partial charge is 0.225 e. The van der Waals surface area contributed by atoms with Crippen LogP contribution in [0.4, 0.5) is 0 Å². The Kier molecular flexibility index (Phi) is 10.3. The molecule has 7 nitrogen and oxygen atoms in total. The highest BCUT2D eigenvalue weighted by atomic mass is 127. The topological polar surface area (TPSA) is 69.2 Å². The van der Waals surface area contributed by atoms with Gasteiger partial charge in [0.15, 0.2) is 5.96 Å². The molecule has 3 fully saturated rings. The Hall–Kier alpha value is -0.610. The first kappa shape index (κ1) is 23.7. The van der Waals surface area contributed by atoms with E-state index >= 15 is 0 Å². The van der Waals surface area contributed by atoms with E-state index < -0.39 is 0 Å². The minimum Gasteiger partial charge on any atom is -0.379 e. The number of rotatable bonds is 6. The lowest BCUT2D eigenvalue weighted by Gasteiger charge is -2.31. The Morgan fingerprint density at radius 1 is 1.18 bits per heavy atom. The van der Waals surface area contributed by atoms with Crippen molar-refractivity contribution in [3.8, 4) is 0 Å². The molecule has 2 N–H and O–H groups in total. The zero-order chi connectivity index (χ0) is 19.1. The van der Waals surface area contributed by atoms with Gasteiger partial charge in [0.2, 0.25) is 5.91 Å². The number of hydrogen-bond acceptors (Lipinski definition) is 4. The van der Waals surface area contributed by atoms with Gasteiger partial charge in [-0.1, -0.05) is 12.8 Å². The van der Waals surface area contributed by atoms with Crippen molar-refractivity contribution in [3.05, 3.63) is 0 Å². The molecule has 3 rings (SSSR count). The number of carbonyl (C=O) groups excluding carboxylic acids is 1. The predicted octanol–water partition coefficient (Wildman–Crippen LogP) is 1.67. The molecule has 2 aliphatic heterocycles. The number of hydrogen-bond donors (Lipinski definition) is 2. The number of aliphatic imine (C=N–C) groups is 1. The van der Waals surface area contributed by atoms with Crippen LogP contribution in [0.15, 0.2) is 4.99 Å². The monoisotopic (exact) mass is 507 g/mol. The summed E-state index contributed by atoms with van der Waals surface area (Å²) in [6, 6.07) is 0.709. The predicted molar refractivity (Wildman–Crippen MR) is 123 cm³/mol. The van der Waals surface area contributed by atoms with Gasteiger partial charge >= 0.3 is 0 Å². The van der Waals surface area contributed by atoms with Crippen molar-refractivity contribution in [2.24, 2.45) is 10.9 Å². The molecule has 0 spiro atoms. The van der Waals surface area contributed by atoms with Crippen molar-refractivity contribution in [2.75, 3.05) is 52.5 Å². The molecule has 8 heteroatoms. The van der Waals surface area contributed by atoms with Crippen molar-refractivity contribution in [1.82, 2.24) is 20.4 Å². The maximum absolute atomic E-state index is 12.6. The van der Waals surface area contributed by atoms with Gasteiger partial charge in [-0.05, 0) is 33.1 Å². The van der Waals surface area contributed by atoms with Crippen LogP contribution in [0.3, 0.4) is 0 Å². The molecule has 3 aliphatic rings. The summed E-state index contributed by atoms with van der Waals surface area (Å²) in [5.41, 5.74) is 0. The lowest BCUT2D eigenvalue weighted by atomic mass is 10.1. The summed E-state index contributed by atoms with van der Waals surface area (Å²) in [5.74, 6) is 1.53. The summed E-state index contributed by atoms with van der Waals surface area (Å²) in [4.78, 5) is 21.9. The quantitative estimate of drug-likeness (QED) is 0.325.